The molecular weight excluding hydrogens is 318 g/mol. The second-order valence-electron chi connectivity index (χ2n) is 5.55. The molecule has 8 heteroatoms. The predicted molar refractivity (Wildman–Crippen MR) is 82.7 cm³/mol. The first kappa shape index (κ1) is 16.1. The van der Waals surface area contributed by atoms with E-state index in [2.05, 4.69) is 9.97 Å². The number of pyridine rings is 2. The third kappa shape index (κ3) is 3.12. The van der Waals surface area contributed by atoms with E-state index in [1.807, 2.05) is 0 Å². The van der Waals surface area contributed by atoms with Crippen LogP contribution in [0.15, 0.2) is 24.5 Å². The molecule has 2 N–H and O–H groups in total. The number of alkyl halides is 2. The number of carbonyl (C=O) groups is 1. The normalized spacial score (nSPS) is 13.5. The summed E-state index contributed by atoms with van der Waals surface area (Å²) in [5.41, 5.74) is 8.52. The summed E-state index contributed by atoms with van der Waals surface area (Å²) in [5, 5.41) is 0. The second kappa shape index (κ2) is 6.38. The van der Waals surface area contributed by atoms with Crippen LogP contribution in [0.3, 0.4) is 0 Å². The Bertz CT molecular complexity index is 783. The lowest BCUT2D eigenvalue weighted by Gasteiger charge is -2.16. The number of nitrogen functional groups attached to an aromatic ring is 1. The van der Waals surface area contributed by atoms with Gasteiger partial charge in [-0.3, -0.25) is 4.79 Å². The Balaban J connectivity index is 1.72. The van der Waals surface area contributed by atoms with Crippen LogP contribution in [0, 0.1) is 6.92 Å². The van der Waals surface area contributed by atoms with Crippen molar-refractivity contribution < 1.29 is 18.3 Å². The number of hydrogen-bond acceptors (Lipinski definition) is 5. The van der Waals surface area contributed by atoms with Gasteiger partial charge in [0.2, 0.25) is 5.88 Å². The van der Waals surface area contributed by atoms with Crippen LogP contribution in [-0.4, -0.2) is 33.8 Å². The molecule has 0 unspecified atom stereocenters. The Morgan fingerprint density at radius 1 is 1.42 bits per heavy atom. The molecule has 3 heterocycles. The number of amides is 1. The zero-order chi connectivity index (χ0) is 17.3. The maximum Gasteiger partial charge on any atom is 0.272 e. The summed E-state index contributed by atoms with van der Waals surface area (Å²) in [6.07, 6.45) is 0.480. The number of fused-ring (bicyclic) bond motifs is 1. The van der Waals surface area contributed by atoms with Crippen molar-refractivity contribution in [1.29, 1.82) is 0 Å². The quantitative estimate of drug-likeness (QED) is 0.906. The molecule has 1 amide bonds. The average molecular weight is 334 g/mol. The Morgan fingerprint density at radius 2 is 2.21 bits per heavy atom. The number of anilines is 1. The fourth-order valence-corrected chi connectivity index (χ4v) is 2.66. The van der Waals surface area contributed by atoms with Crippen LogP contribution in [0.2, 0.25) is 0 Å². The average Bonchev–Trinajstić information content (AvgIpc) is 2.85. The lowest BCUT2D eigenvalue weighted by atomic mass is 10.2. The van der Waals surface area contributed by atoms with Gasteiger partial charge < -0.3 is 15.4 Å². The smallest absolute Gasteiger partial charge is 0.272 e. The molecule has 1 aliphatic rings. The van der Waals surface area contributed by atoms with Crippen LogP contribution in [0.4, 0.5) is 14.6 Å². The maximum atomic E-state index is 12.4. The molecule has 6 nitrogen and oxygen atoms in total. The molecule has 0 radical (unpaired) electrons. The van der Waals surface area contributed by atoms with Gasteiger partial charge in [0.05, 0.1) is 6.54 Å². The van der Waals surface area contributed by atoms with Crippen LogP contribution in [0.5, 0.6) is 5.88 Å². The molecule has 0 aliphatic carbocycles. The van der Waals surface area contributed by atoms with Gasteiger partial charge in [0, 0.05) is 35.6 Å². The molecule has 2 aromatic rings. The third-order valence-corrected chi connectivity index (χ3v) is 3.76. The number of nitrogens with two attached hydrogens (primary N) is 1. The van der Waals surface area contributed by atoms with Crippen molar-refractivity contribution in [3.8, 4) is 5.88 Å². The minimum Gasteiger partial charge on any atom is -0.471 e. The highest BCUT2D eigenvalue weighted by atomic mass is 19.3. The Morgan fingerprint density at radius 3 is 2.88 bits per heavy atom. The summed E-state index contributed by atoms with van der Waals surface area (Å²) >= 11 is 0. The van der Waals surface area contributed by atoms with Gasteiger partial charge in [-0.2, -0.15) is 0 Å². The Labute approximate surface area is 137 Å². The zero-order valence-corrected chi connectivity index (χ0v) is 13.0. The number of hydrogen-bond donors (Lipinski definition) is 1. The Kier molecular flexibility index (Phi) is 4.28. The number of carbonyl (C=O) groups excluding carboxylic acids is 1. The molecular formula is C16H16F2N4O2. The topological polar surface area (TPSA) is 81.3 Å². The minimum absolute atomic E-state index is 0.116. The molecule has 2 aromatic heterocycles. The molecule has 3 rings (SSSR count). The molecule has 0 aromatic carbocycles. The van der Waals surface area contributed by atoms with E-state index in [0.29, 0.717) is 30.0 Å². The van der Waals surface area contributed by atoms with Crippen molar-refractivity contribution in [2.24, 2.45) is 0 Å². The van der Waals surface area contributed by atoms with Crippen molar-refractivity contribution in [3.63, 3.8) is 0 Å². The van der Waals surface area contributed by atoms with Crippen LogP contribution in [0.1, 0.15) is 27.0 Å². The number of nitrogens with zero attached hydrogens (tertiary/aromatic N) is 3. The van der Waals surface area contributed by atoms with Crippen LogP contribution >= 0.6 is 0 Å². The summed E-state index contributed by atoms with van der Waals surface area (Å²) in [5.74, 6) is 0.409. The van der Waals surface area contributed by atoms with Crippen molar-refractivity contribution >= 4 is 11.7 Å². The molecule has 24 heavy (non-hydrogen) atoms. The summed E-state index contributed by atoms with van der Waals surface area (Å²) < 4.78 is 29.3. The molecule has 0 saturated heterocycles. The third-order valence-electron chi connectivity index (χ3n) is 3.76. The number of rotatable bonds is 5. The van der Waals surface area contributed by atoms with Crippen LogP contribution in [-0.2, 0) is 13.1 Å². The highest BCUT2D eigenvalue weighted by Gasteiger charge is 2.29. The van der Waals surface area contributed by atoms with Gasteiger partial charge in [-0.1, -0.05) is 0 Å². The molecule has 0 spiro atoms. The second-order valence-corrected chi connectivity index (χ2v) is 5.55. The van der Waals surface area contributed by atoms with Crippen molar-refractivity contribution in [1.82, 2.24) is 14.9 Å². The molecule has 0 atom stereocenters. The van der Waals surface area contributed by atoms with E-state index in [4.69, 9.17) is 10.5 Å². The monoisotopic (exact) mass is 334 g/mol. The number of halogens is 2. The molecule has 0 saturated carbocycles. The minimum atomic E-state index is -2.55. The van der Waals surface area contributed by atoms with Crippen molar-refractivity contribution in [2.45, 2.75) is 26.4 Å². The fraction of sp³-hybridized carbons (Fsp3) is 0.312. The standard InChI is InChI=1S/C16H16F2N4O2/c1-9-4-10(5-21-15(9)24-8-13(17)18)6-22-7-12-11(16(22)23)2-3-20-14(12)19/h2-5,13H,6-8H2,1H3,(H2,19,20). The summed E-state index contributed by atoms with van der Waals surface area (Å²) in [7, 11) is 0. The molecule has 126 valence electrons. The van der Waals surface area contributed by atoms with Crippen molar-refractivity contribution in [3.05, 3.63) is 46.8 Å². The van der Waals surface area contributed by atoms with Gasteiger partial charge in [-0.05, 0) is 24.6 Å². The SMILES string of the molecule is Cc1cc(CN2Cc3c(ccnc3N)C2=O)cnc1OCC(F)F. The zero-order valence-electron chi connectivity index (χ0n) is 13.0. The fourth-order valence-electron chi connectivity index (χ4n) is 2.66. The van der Waals surface area contributed by atoms with Gasteiger partial charge in [0.1, 0.15) is 5.82 Å². The highest BCUT2D eigenvalue weighted by Crippen LogP contribution is 2.27. The van der Waals surface area contributed by atoms with E-state index < -0.39 is 13.0 Å². The summed E-state index contributed by atoms with van der Waals surface area (Å²) in [6, 6.07) is 3.42. The van der Waals surface area contributed by atoms with E-state index in [9.17, 15) is 13.6 Å². The first-order valence-electron chi connectivity index (χ1n) is 7.35. The van der Waals surface area contributed by atoms with Crippen molar-refractivity contribution in [2.75, 3.05) is 12.3 Å². The van der Waals surface area contributed by atoms with E-state index in [0.717, 1.165) is 11.1 Å². The number of aromatic nitrogens is 2. The van der Waals surface area contributed by atoms with E-state index in [1.54, 1.807) is 24.0 Å². The molecule has 0 fully saturated rings. The van der Waals surface area contributed by atoms with Gasteiger partial charge in [0.25, 0.3) is 12.3 Å². The first-order valence-corrected chi connectivity index (χ1v) is 7.35. The lowest BCUT2D eigenvalue weighted by molar-refractivity contribution is 0.0762. The van der Waals surface area contributed by atoms with Gasteiger partial charge in [-0.25, -0.2) is 18.7 Å². The maximum absolute atomic E-state index is 12.4. The van der Waals surface area contributed by atoms with E-state index in [1.165, 1.54) is 12.4 Å². The molecule has 1 aliphatic heterocycles. The van der Waals surface area contributed by atoms with E-state index in [-0.39, 0.29) is 11.8 Å². The van der Waals surface area contributed by atoms with Crippen LogP contribution < -0.4 is 10.5 Å². The van der Waals surface area contributed by atoms with Crippen LogP contribution in [0.25, 0.3) is 0 Å². The Hall–Kier alpha value is -2.77. The lowest BCUT2D eigenvalue weighted by Crippen LogP contribution is -2.23. The highest BCUT2D eigenvalue weighted by molar-refractivity contribution is 5.99. The number of ether oxygens (including phenoxy) is 1. The first-order chi connectivity index (χ1) is 11.5. The van der Waals surface area contributed by atoms with Gasteiger partial charge in [0.15, 0.2) is 6.61 Å². The predicted octanol–water partition coefficient (Wildman–Crippen LogP) is 2.17. The van der Waals surface area contributed by atoms with Gasteiger partial charge in [-0.15, -0.1) is 0 Å². The largest absolute Gasteiger partial charge is 0.471 e. The molecule has 0 bridgehead atoms. The summed E-state index contributed by atoms with van der Waals surface area (Å²) in [4.78, 5) is 22.1. The van der Waals surface area contributed by atoms with Gasteiger partial charge >= 0.3 is 0 Å². The summed E-state index contributed by atoms with van der Waals surface area (Å²) in [6.45, 7) is 1.76. The number of aryl methyl sites for hydroxylation is 1. The van der Waals surface area contributed by atoms with E-state index >= 15 is 0 Å².